The van der Waals surface area contributed by atoms with Crippen LogP contribution in [-0.2, 0) is 24.4 Å². The molecular weight excluding hydrogens is 322 g/mol. The first-order chi connectivity index (χ1) is 11.7. The number of amides is 1. The standard InChI is InChI=1S/C19H20ClN3O/c20-17-5-4-15-12-23(13-16(15)8-17)18-7-14(9-21-10-18)11-22-6-2-1-3-19(22)24/h4-5,7-10H,1-3,6,11-13H2. The molecule has 0 unspecified atom stereocenters. The van der Waals surface area contributed by atoms with E-state index in [2.05, 4.69) is 22.0 Å². The van der Waals surface area contributed by atoms with E-state index in [0.717, 1.165) is 48.7 Å². The number of hydrogen-bond acceptors (Lipinski definition) is 3. The minimum Gasteiger partial charge on any atom is -0.362 e. The highest BCUT2D eigenvalue weighted by atomic mass is 35.5. The van der Waals surface area contributed by atoms with Gasteiger partial charge in [-0.3, -0.25) is 9.78 Å². The van der Waals surface area contributed by atoms with Gasteiger partial charge in [-0.15, -0.1) is 0 Å². The van der Waals surface area contributed by atoms with Crippen molar-refractivity contribution in [3.63, 3.8) is 0 Å². The Morgan fingerprint density at radius 2 is 1.96 bits per heavy atom. The van der Waals surface area contributed by atoms with Crippen molar-refractivity contribution in [1.29, 1.82) is 0 Å². The van der Waals surface area contributed by atoms with Crippen LogP contribution in [0.4, 0.5) is 5.69 Å². The maximum atomic E-state index is 12.0. The van der Waals surface area contributed by atoms with Crippen LogP contribution in [0.1, 0.15) is 36.0 Å². The summed E-state index contributed by atoms with van der Waals surface area (Å²) in [4.78, 5) is 20.6. The van der Waals surface area contributed by atoms with E-state index in [0.29, 0.717) is 13.0 Å². The van der Waals surface area contributed by atoms with Gasteiger partial charge in [0.05, 0.1) is 11.9 Å². The number of piperidine rings is 1. The van der Waals surface area contributed by atoms with Crippen molar-refractivity contribution in [3.05, 3.63) is 58.4 Å². The molecule has 3 heterocycles. The zero-order chi connectivity index (χ0) is 16.5. The summed E-state index contributed by atoms with van der Waals surface area (Å²) < 4.78 is 0. The number of rotatable bonds is 3. The van der Waals surface area contributed by atoms with Gasteiger partial charge < -0.3 is 9.80 Å². The lowest BCUT2D eigenvalue weighted by molar-refractivity contribution is -0.133. The molecule has 1 fully saturated rings. The van der Waals surface area contributed by atoms with E-state index < -0.39 is 0 Å². The minimum atomic E-state index is 0.259. The van der Waals surface area contributed by atoms with Gasteiger partial charge in [-0.1, -0.05) is 17.7 Å². The second kappa shape index (κ2) is 6.44. The van der Waals surface area contributed by atoms with Gasteiger partial charge in [-0.05, 0) is 47.7 Å². The van der Waals surface area contributed by atoms with E-state index >= 15 is 0 Å². The highest BCUT2D eigenvalue weighted by Gasteiger charge is 2.21. The van der Waals surface area contributed by atoms with Gasteiger partial charge >= 0.3 is 0 Å². The maximum Gasteiger partial charge on any atom is 0.222 e. The molecule has 2 aromatic rings. The van der Waals surface area contributed by atoms with E-state index in [1.807, 2.05) is 29.4 Å². The van der Waals surface area contributed by atoms with Crippen LogP contribution in [0.25, 0.3) is 0 Å². The Morgan fingerprint density at radius 3 is 2.83 bits per heavy atom. The molecule has 2 aliphatic rings. The average molecular weight is 342 g/mol. The summed E-state index contributed by atoms with van der Waals surface area (Å²) in [6, 6.07) is 8.24. The number of benzene rings is 1. The third-order valence-corrected chi connectivity index (χ3v) is 5.07. The summed E-state index contributed by atoms with van der Waals surface area (Å²) in [6.45, 7) is 3.24. The molecule has 0 aliphatic carbocycles. The quantitative estimate of drug-likeness (QED) is 0.852. The normalized spacial score (nSPS) is 17.3. The maximum absolute atomic E-state index is 12.0. The van der Waals surface area contributed by atoms with E-state index in [9.17, 15) is 4.79 Å². The number of likely N-dealkylation sites (tertiary alicyclic amines) is 1. The predicted octanol–water partition coefficient (Wildman–Crippen LogP) is 3.77. The molecule has 0 saturated carbocycles. The summed E-state index contributed by atoms with van der Waals surface area (Å²) in [5, 5.41) is 0.783. The van der Waals surface area contributed by atoms with Gasteiger partial charge in [0, 0.05) is 43.8 Å². The Balaban J connectivity index is 1.50. The van der Waals surface area contributed by atoms with E-state index in [1.54, 1.807) is 0 Å². The first-order valence-electron chi connectivity index (χ1n) is 8.43. The summed E-state index contributed by atoms with van der Waals surface area (Å²) in [5.74, 6) is 0.259. The molecule has 1 saturated heterocycles. The molecular formula is C19H20ClN3O. The Labute approximate surface area is 147 Å². The molecule has 5 heteroatoms. The zero-order valence-corrected chi connectivity index (χ0v) is 14.3. The lowest BCUT2D eigenvalue weighted by Gasteiger charge is -2.27. The highest BCUT2D eigenvalue weighted by molar-refractivity contribution is 6.30. The van der Waals surface area contributed by atoms with Crippen molar-refractivity contribution in [2.75, 3.05) is 11.4 Å². The largest absolute Gasteiger partial charge is 0.362 e. The molecule has 0 radical (unpaired) electrons. The highest BCUT2D eigenvalue weighted by Crippen LogP contribution is 2.30. The van der Waals surface area contributed by atoms with E-state index in [-0.39, 0.29) is 5.91 Å². The molecule has 0 N–H and O–H groups in total. The van der Waals surface area contributed by atoms with E-state index in [1.165, 1.54) is 11.1 Å². The molecule has 0 atom stereocenters. The SMILES string of the molecule is O=C1CCCCN1Cc1cncc(N2Cc3ccc(Cl)cc3C2)c1. The molecule has 0 spiro atoms. The first-order valence-corrected chi connectivity index (χ1v) is 8.81. The lowest BCUT2D eigenvalue weighted by atomic mass is 10.1. The number of halogens is 1. The number of carbonyl (C=O) groups excluding carboxylic acids is 1. The summed E-state index contributed by atoms with van der Waals surface area (Å²) >= 11 is 6.10. The van der Waals surface area contributed by atoms with Crippen LogP contribution in [0, 0.1) is 0 Å². The second-order valence-corrected chi connectivity index (χ2v) is 7.03. The van der Waals surface area contributed by atoms with Crippen molar-refractivity contribution >= 4 is 23.2 Å². The summed E-state index contributed by atoms with van der Waals surface area (Å²) in [7, 11) is 0. The van der Waals surface area contributed by atoms with Crippen LogP contribution in [0.15, 0.2) is 36.7 Å². The van der Waals surface area contributed by atoms with Crippen LogP contribution in [-0.4, -0.2) is 22.3 Å². The van der Waals surface area contributed by atoms with Crippen molar-refractivity contribution in [2.45, 2.75) is 38.9 Å². The van der Waals surface area contributed by atoms with Gasteiger partial charge in [0.2, 0.25) is 5.91 Å². The zero-order valence-electron chi connectivity index (χ0n) is 13.5. The van der Waals surface area contributed by atoms with Gasteiger partial charge in [-0.2, -0.15) is 0 Å². The predicted molar refractivity (Wildman–Crippen MR) is 94.8 cm³/mol. The number of hydrogen-bond donors (Lipinski definition) is 0. The van der Waals surface area contributed by atoms with Crippen molar-refractivity contribution in [3.8, 4) is 0 Å². The molecule has 4 nitrogen and oxygen atoms in total. The first kappa shape index (κ1) is 15.5. The smallest absolute Gasteiger partial charge is 0.222 e. The van der Waals surface area contributed by atoms with Crippen LogP contribution >= 0.6 is 11.6 Å². The van der Waals surface area contributed by atoms with Crippen molar-refractivity contribution in [1.82, 2.24) is 9.88 Å². The monoisotopic (exact) mass is 341 g/mol. The minimum absolute atomic E-state index is 0.259. The Bertz CT molecular complexity index is 777. The van der Waals surface area contributed by atoms with Crippen LogP contribution < -0.4 is 4.90 Å². The molecule has 4 rings (SSSR count). The molecule has 2 aliphatic heterocycles. The van der Waals surface area contributed by atoms with E-state index in [4.69, 9.17) is 11.6 Å². The fourth-order valence-corrected chi connectivity index (χ4v) is 3.72. The number of carbonyl (C=O) groups is 1. The molecule has 1 amide bonds. The summed E-state index contributed by atoms with van der Waals surface area (Å²) in [5.41, 5.74) is 4.79. The van der Waals surface area contributed by atoms with Gasteiger partial charge in [0.15, 0.2) is 0 Å². The fourth-order valence-electron chi connectivity index (χ4n) is 3.53. The van der Waals surface area contributed by atoms with Gasteiger partial charge in [0.25, 0.3) is 0 Å². The fraction of sp³-hybridized carbons (Fsp3) is 0.368. The van der Waals surface area contributed by atoms with Gasteiger partial charge in [-0.25, -0.2) is 0 Å². The molecule has 124 valence electrons. The topological polar surface area (TPSA) is 36.4 Å². The molecule has 24 heavy (non-hydrogen) atoms. The Hall–Kier alpha value is -2.07. The second-order valence-electron chi connectivity index (χ2n) is 6.59. The van der Waals surface area contributed by atoms with Crippen LogP contribution in [0.2, 0.25) is 5.02 Å². The third kappa shape index (κ3) is 3.11. The number of anilines is 1. The Morgan fingerprint density at radius 1 is 1.08 bits per heavy atom. The lowest BCUT2D eigenvalue weighted by Crippen LogP contribution is -2.34. The number of nitrogens with zero attached hydrogens (tertiary/aromatic N) is 3. The van der Waals surface area contributed by atoms with Gasteiger partial charge in [0.1, 0.15) is 0 Å². The molecule has 0 bridgehead atoms. The van der Waals surface area contributed by atoms with Crippen LogP contribution in [0.5, 0.6) is 0 Å². The third-order valence-electron chi connectivity index (χ3n) is 4.83. The van der Waals surface area contributed by atoms with Crippen LogP contribution in [0.3, 0.4) is 0 Å². The average Bonchev–Trinajstić information content (AvgIpc) is 3.00. The number of fused-ring (bicyclic) bond motifs is 1. The summed E-state index contributed by atoms with van der Waals surface area (Å²) in [6.07, 6.45) is 6.55. The Kier molecular flexibility index (Phi) is 4.15. The molecule has 1 aromatic carbocycles. The number of pyridine rings is 1. The number of aromatic nitrogens is 1. The van der Waals surface area contributed by atoms with Crippen molar-refractivity contribution in [2.24, 2.45) is 0 Å². The van der Waals surface area contributed by atoms with Crippen molar-refractivity contribution < 1.29 is 4.79 Å². The molecule has 1 aromatic heterocycles.